The van der Waals surface area contributed by atoms with Crippen LogP contribution in [0.15, 0.2) is 53.8 Å². The largest absolute Gasteiger partial charge is 0.378 e. The van der Waals surface area contributed by atoms with Crippen LogP contribution >= 0.6 is 11.6 Å². The van der Waals surface area contributed by atoms with E-state index in [1.807, 2.05) is 4.72 Å². The SMILES string of the molecule is CC[C@H](Nc1cc(F)c(S(=O)(=O)Nc2ccncn2)c(F)c1)c1cc(F)ccc1Cl. The van der Waals surface area contributed by atoms with E-state index in [0.29, 0.717) is 12.0 Å². The highest BCUT2D eigenvalue weighted by Gasteiger charge is 2.26. The summed E-state index contributed by atoms with van der Waals surface area (Å²) in [6.45, 7) is 1.77. The molecule has 0 amide bonds. The molecule has 2 N–H and O–H groups in total. The van der Waals surface area contributed by atoms with E-state index in [0.717, 1.165) is 18.5 Å². The number of halogens is 4. The summed E-state index contributed by atoms with van der Waals surface area (Å²) < 4.78 is 69.6. The Balaban J connectivity index is 1.91. The van der Waals surface area contributed by atoms with Crippen molar-refractivity contribution in [3.8, 4) is 0 Å². The fourth-order valence-corrected chi connectivity index (χ4v) is 4.20. The third kappa shape index (κ3) is 4.82. The van der Waals surface area contributed by atoms with Crippen molar-refractivity contribution < 1.29 is 21.6 Å². The van der Waals surface area contributed by atoms with Crippen molar-refractivity contribution in [1.82, 2.24) is 9.97 Å². The lowest BCUT2D eigenvalue weighted by molar-refractivity contribution is 0.521. The Labute approximate surface area is 176 Å². The summed E-state index contributed by atoms with van der Waals surface area (Å²) in [5, 5.41) is 3.14. The van der Waals surface area contributed by atoms with Crippen LogP contribution < -0.4 is 10.0 Å². The molecule has 3 rings (SSSR count). The first-order chi connectivity index (χ1) is 14.2. The van der Waals surface area contributed by atoms with E-state index >= 15 is 0 Å². The molecule has 0 unspecified atom stereocenters. The molecule has 0 fully saturated rings. The van der Waals surface area contributed by atoms with E-state index in [2.05, 4.69) is 15.3 Å². The third-order valence-corrected chi connectivity index (χ3v) is 5.92. The van der Waals surface area contributed by atoms with E-state index in [1.165, 1.54) is 30.5 Å². The molecule has 0 aliphatic heterocycles. The smallest absolute Gasteiger partial charge is 0.268 e. The molecule has 0 saturated heterocycles. The lowest BCUT2D eigenvalue weighted by atomic mass is 10.0. The zero-order valence-corrected chi connectivity index (χ0v) is 17.1. The summed E-state index contributed by atoms with van der Waals surface area (Å²) in [6, 6.07) is 6.15. The zero-order valence-electron chi connectivity index (χ0n) is 15.5. The molecule has 158 valence electrons. The highest BCUT2D eigenvalue weighted by Crippen LogP contribution is 2.31. The number of hydrogen-bond acceptors (Lipinski definition) is 5. The number of rotatable bonds is 7. The topological polar surface area (TPSA) is 84.0 Å². The van der Waals surface area contributed by atoms with Gasteiger partial charge in [0.15, 0.2) is 4.90 Å². The third-order valence-electron chi connectivity index (χ3n) is 4.17. The number of hydrogen-bond donors (Lipinski definition) is 2. The van der Waals surface area contributed by atoms with E-state index in [9.17, 15) is 21.6 Å². The van der Waals surface area contributed by atoms with Gasteiger partial charge in [-0.1, -0.05) is 18.5 Å². The molecule has 0 radical (unpaired) electrons. The Morgan fingerprint density at radius 2 is 1.80 bits per heavy atom. The number of nitrogens with one attached hydrogen (secondary N) is 2. The van der Waals surface area contributed by atoms with Crippen molar-refractivity contribution in [2.24, 2.45) is 0 Å². The molecule has 30 heavy (non-hydrogen) atoms. The van der Waals surface area contributed by atoms with Gasteiger partial charge in [0.1, 0.15) is 29.6 Å². The summed E-state index contributed by atoms with van der Waals surface area (Å²) in [6.07, 6.45) is 2.77. The van der Waals surface area contributed by atoms with E-state index in [-0.39, 0.29) is 16.5 Å². The molecule has 3 aromatic rings. The number of sulfonamides is 1. The standard InChI is InChI=1S/C19H16ClF3N4O2S/c1-2-17(13-7-11(21)3-4-14(13)20)26-12-8-15(22)19(16(23)9-12)30(28,29)27-18-5-6-24-10-25-18/h3-10,17,26H,2H2,1H3,(H,24,25,27)/t17-/m0/s1. The summed E-state index contributed by atoms with van der Waals surface area (Å²) in [5.41, 5.74) is 0.375. The molecule has 6 nitrogen and oxygen atoms in total. The highest BCUT2D eigenvalue weighted by molar-refractivity contribution is 7.92. The van der Waals surface area contributed by atoms with E-state index in [1.54, 1.807) is 6.92 Å². The molecule has 1 atom stereocenters. The van der Waals surface area contributed by atoms with Gasteiger partial charge < -0.3 is 5.32 Å². The van der Waals surface area contributed by atoms with Crippen LogP contribution in [0.5, 0.6) is 0 Å². The highest BCUT2D eigenvalue weighted by atomic mass is 35.5. The molecular formula is C19H16ClF3N4O2S. The van der Waals surface area contributed by atoms with Crippen molar-refractivity contribution in [2.75, 3.05) is 10.0 Å². The molecular weight excluding hydrogens is 441 g/mol. The molecule has 0 saturated carbocycles. The molecule has 0 spiro atoms. The fourth-order valence-electron chi connectivity index (χ4n) is 2.82. The second kappa shape index (κ2) is 8.88. The summed E-state index contributed by atoms with van der Waals surface area (Å²) in [7, 11) is -4.58. The molecule has 1 heterocycles. The van der Waals surface area contributed by atoms with Crippen LogP contribution in [-0.2, 0) is 10.0 Å². The molecule has 1 aromatic heterocycles. The monoisotopic (exact) mass is 456 g/mol. The van der Waals surface area contributed by atoms with Gasteiger partial charge in [-0.15, -0.1) is 0 Å². The van der Waals surface area contributed by atoms with Crippen molar-refractivity contribution >= 4 is 33.1 Å². The second-order valence-electron chi connectivity index (χ2n) is 6.24. The first-order valence-electron chi connectivity index (χ1n) is 8.70. The van der Waals surface area contributed by atoms with Gasteiger partial charge >= 0.3 is 0 Å². The van der Waals surface area contributed by atoms with E-state index in [4.69, 9.17) is 11.6 Å². The lowest BCUT2D eigenvalue weighted by Crippen LogP contribution is -2.18. The maximum atomic E-state index is 14.6. The Morgan fingerprint density at radius 3 is 2.40 bits per heavy atom. The van der Waals surface area contributed by atoms with E-state index < -0.39 is 38.4 Å². The Bertz CT molecular complexity index is 1140. The Hall–Kier alpha value is -2.85. The number of aromatic nitrogens is 2. The van der Waals surface area contributed by atoms with Crippen molar-refractivity contribution in [1.29, 1.82) is 0 Å². The van der Waals surface area contributed by atoms with Gasteiger partial charge in [0.25, 0.3) is 10.0 Å². The summed E-state index contributed by atoms with van der Waals surface area (Å²) in [5.74, 6) is -3.26. The first-order valence-corrected chi connectivity index (χ1v) is 10.6. The van der Waals surface area contributed by atoms with Crippen LogP contribution in [0.1, 0.15) is 24.9 Å². The number of nitrogens with zero attached hydrogens (tertiary/aromatic N) is 2. The predicted octanol–water partition coefficient (Wildman–Crippen LogP) is 4.91. The lowest BCUT2D eigenvalue weighted by Gasteiger charge is -2.21. The van der Waals surface area contributed by atoms with Crippen LogP contribution in [-0.4, -0.2) is 18.4 Å². The minimum atomic E-state index is -4.58. The maximum Gasteiger partial charge on any atom is 0.268 e. The predicted molar refractivity (Wildman–Crippen MR) is 107 cm³/mol. The Kier molecular flexibility index (Phi) is 6.47. The van der Waals surface area contributed by atoms with Crippen LogP contribution in [0, 0.1) is 17.5 Å². The van der Waals surface area contributed by atoms with Gasteiger partial charge in [-0.05, 0) is 48.4 Å². The van der Waals surface area contributed by atoms with Crippen LogP contribution in [0.2, 0.25) is 5.02 Å². The quantitative estimate of drug-likeness (QED) is 0.527. The van der Waals surface area contributed by atoms with Gasteiger partial charge in [0.2, 0.25) is 0 Å². The normalized spacial score (nSPS) is 12.4. The average Bonchev–Trinajstić information content (AvgIpc) is 2.67. The molecule has 2 aromatic carbocycles. The molecule has 11 heteroatoms. The van der Waals surface area contributed by atoms with Gasteiger partial charge in [-0.25, -0.2) is 31.6 Å². The summed E-state index contributed by atoms with van der Waals surface area (Å²) in [4.78, 5) is 6.15. The van der Waals surface area contributed by atoms with Gasteiger partial charge in [-0.3, -0.25) is 4.72 Å². The zero-order chi connectivity index (χ0) is 21.9. The van der Waals surface area contributed by atoms with Gasteiger partial charge in [0.05, 0.1) is 6.04 Å². The van der Waals surface area contributed by atoms with Crippen LogP contribution in [0.3, 0.4) is 0 Å². The minimum Gasteiger partial charge on any atom is -0.378 e. The van der Waals surface area contributed by atoms with Crippen molar-refractivity contribution in [3.05, 3.63) is 77.0 Å². The minimum absolute atomic E-state index is 0.0295. The molecule has 0 aliphatic rings. The molecule has 0 bridgehead atoms. The van der Waals surface area contributed by atoms with Gasteiger partial charge in [0, 0.05) is 16.9 Å². The van der Waals surface area contributed by atoms with Crippen molar-refractivity contribution in [2.45, 2.75) is 24.3 Å². The number of benzene rings is 2. The first kappa shape index (κ1) is 21.8. The fraction of sp³-hybridized carbons (Fsp3) is 0.158. The summed E-state index contributed by atoms with van der Waals surface area (Å²) >= 11 is 6.11. The average molecular weight is 457 g/mol. The molecule has 0 aliphatic carbocycles. The number of anilines is 2. The maximum absolute atomic E-state index is 14.6. The van der Waals surface area contributed by atoms with Gasteiger partial charge in [-0.2, -0.15) is 0 Å². The second-order valence-corrected chi connectivity index (χ2v) is 8.27. The van der Waals surface area contributed by atoms with Crippen LogP contribution in [0.25, 0.3) is 0 Å². The van der Waals surface area contributed by atoms with Crippen LogP contribution in [0.4, 0.5) is 24.7 Å². The van der Waals surface area contributed by atoms with Crippen molar-refractivity contribution in [3.63, 3.8) is 0 Å². The Morgan fingerprint density at radius 1 is 1.10 bits per heavy atom.